The Morgan fingerprint density at radius 2 is 0.939 bits per heavy atom. The van der Waals surface area contributed by atoms with E-state index in [0.29, 0.717) is 11.5 Å². The maximum Gasteiger partial charge on any atom is 0.150 e. The lowest BCUT2D eigenvalue weighted by Gasteiger charge is -2.39. The first-order valence-electron chi connectivity index (χ1n) is 11.2. The summed E-state index contributed by atoms with van der Waals surface area (Å²) in [5.74, 6) is 0.687. The number of benzene rings is 4. The van der Waals surface area contributed by atoms with Crippen LogP contribution in [0.25, 0.3) is 0 Å². The van der Waals surface area contributed by atoms with Gasteiger partial charge < -0.3 is 10.2 Å². The summed E-state index contributed by atoms with van der Waals surface area (Å²) in [6.07, 6.45) is 0. The zero-order valence-corrected chi connectivity index (χ0v) is 21.8. The van der Waals surface area contributed by atoms with Crippen molar-refractivity contribution in [3.05, 3.63) is 107 Å². The van der Waals surface area contributed by atoms with E-state index in [2.05, 4.69) is 81.1 Å². The maximum atomic E-state index is 11.4. The summed E-state index contributed by atoms with van der Waals surface area (Å²) in [5.41, 5.74) is 3.99. The quantitative estimate of drug-likeness (QED) is 0.313. The number of rotatable bonds is 5. The molecule has 0 aliphatic heterocycles. The molecule has 0 unspecified atom stereocenters. The molecule has 0 spiro atoms. The van der Waals surface area contributed by atoms with Crippen molar-refractivity contribution in [2.24, 2.45) is 0 Å². The Labute approximate surface area is 199 Å². The minimum Gasteiger partial charge on any atom is -0.507 e. The lowest BCUT2D eigenvalue weighted by Crippen LogP contribution is -2.57. The number of hydrogen-bond donors (Lipinski definition) is 2. The van der Waals surface area contributed by atoms with Crippen molar-refractivity contribution in [1.29, 1.82) is 0 Å². The van der Waals surface area contributed by atoms with Gasteiger partial charge in [0.15, 0.2) is 0 Å². The standard InChI is InChI=1S/C29H31O2PSi/c1-20-16-22(3)28(30)26(18-20)32(27-19-21(2)17-23(4)29(27)31)33(5,24-12-8-6-9-13-24)25-14-10-7-11-15-25/h6-19,30-31H,1-5H3. The molecule has 4 heteroatoms. The van der Waals surface area contributed by atoms with E-state index in [4.69, 9.17) is 0 Å². The molecule has 0 radical (unpaired) electrons. The molecule has 0 heterocycles. The molecule has 2 nitrogen and oxygen atoms in total. The van der Waals surface area contributed by atoms with Crippen molar-refractivity contribution in [2.75, 3.05) is 0 Å². The Hall–Kier alpha value is -2.87. The Morgan fingerprint density at radius 3 is 1.30 bits per heavy atom. The van der Waals surface area contributed by atoms with Gasteiger partial charge in [0.25, 0.3) is 0 Å². The van der Waals surface area contributed by atoms with Crippen LogP contribution in [-0.2, 0) is 0 Å². The van der Waals surface area contributed by atoms with E-state index < -0.39 is 15.2 Å². The van der Waals surface area contributed by atoms with Crippen molar-refractivity contribution in [2.45, 2.75) is 34.2 Å². The number of phenolic OH excluding ortho intramolecular Hbond substituents is 2. The Bertz CT molecular complexity index is 1190. The molecule has 4 aromatic rings. The average molecular weight is 471 g/mol. The van der Waals surface area contributed by atoms with Gasteiger partial charge in [-0.1, -0.05) is 79.3 Å². The largest absolute Gasteiger partial charge is 0.507 e. The van der Waals surface area contributed by atoms with Crippen molar-refractivity contribution >= 4 is 36.2 Å². The van der Waals surface area contributed by atoms with Gasteiger partial charge in [-0.3, -0.25) is 0 Å². The Balaban J connectivity index is 2.16. The summed E-state index contributed by atoms with van der Waals surface area (Å²) in [6.45, 7) is 10.5. The second kappa shape index (κ2) is 9.17. The third kappa shape index (κ3) is 4.24. The highest BCUT2D eigenvalue weighted by atomic mass is 31.4. The van der Waals surface area contributed by atoms with E-state index in [0.717, 1.165) is 32.9 Å². The zero-order valence-electron chi connectivity index (χ0n) is 19.9. The first-order valence-corrected chi connectivity index (χ1v) is 15.9. The molecule has 0 fully saturated rings. The minimum atomic E-state index is -2.52. The van der Waals surface area contributed by atoms with E-state index in [9.17, 15) is 10.2 Å². The summed E-state index contributed by atoms with van der Waals surface area (Å²) in [4.78, 5) is 0. The normalized spacial score (nSPS) is 11.7. The summed E-state index contributed by atoms with van der Waals surface area (Å²) in [5, 5.41) is 27.3. The van der Waals surface area contributed by atoms with Crippen molar-refractivity contribution < 1.29 is 10.2 Å². The zero-order chi connectivity index (χ0) is 23.8. The fourth-order valence-electron chi connectivity index (χ4n) is 4.78. The smallest absolute Gasteiger partial charge is 0.150 e. The second-order valence-corrected chi connectivity index (χ2v) is 18.0. The van der Waals surface area contributed by atoms with Crippen LogP contribution in [0.2, 0.25) is 6.55 Å². The minimum absolute atomic E-state index is 0.343. The van der Waals surface area contributed by atoms with Gasteiger partial charge in [-0.25, -0.2) is 0 Å². The van der Waals surface area contributed by atoms with Gasteiger partial charge >= 0.3 is 0 Å². The Morgan fingerprint density at radius 1 is 0.576 bits per heavy atom. The monoisotopic (exact) mass is 470 g/mol. The number of aromatic hydroxyl groups is 2. The summed E-state index contributed by atoms with van der Waals surface area (Å²) >= 11 is 0. The van der Waals surface area contributed by atoms with Crippen molar-refractivity contribution in [3.63, 3.8) is 0 Å². The van der Waals surface area contributed by atoms with Crippen LogP contribution >= 0.6 is 7.47 Å². The fourth-order valence-corrected chi connectivity index (χ4v) is 16.3. The van der Waals surface area contributed by atoms with Crippen molar-refractivity contribution in [3.8, 4) is 11.5 Å². The van der Waals surface area contributed by atoms with Crippen LogP contribution in [-0.4, -0.2) is 18.0 Å². The first kappa shape index (κ1) is 23.3. The second-order valence-electron chi connectivity index (χ2n) is 9.04. The highest BCUT2D eigenvalue weighted by Crippen LogP contribution is 2.49. The molecule has 0 aliphatic rings. The van der Waals surface area contributed by atoms with Crippen LogP contribution in [0, 0.1) is 27.7 Å². The highest BCUT2D eigenvalue weighted by Gasteiger charge is 2.44. The molecule has 0 saturated heterocycles. The topological polar surface area (TPSA) is 40.5 Å². The lowest BCUT2D eigenvalue weighted by molar-refractivity contribution is 0.475. The summed E-state index contributed by atoms with van der Waals surface area (Å²) in [7, 11) is -3.64. The molecule has 4 aromatic carbocycles. The predicted octanol–water partition coefficient (Wildman–Crippen LogP) is 5.15. The fraction of sp³-hybridized carbons (Fsp3) is 0.172. The van der Waals surface area contributed by atoms with Crippen LogP contribution in [0.3, 0.4) is 0 Å². The van der Waals surface area contributed by atoms with E-state index in [1.54, 1.807) is 0 Å². The van der Waals surface area contributed by atoms with Crippen LogP contribution in [0.5, 0.6) is 11.5 Å². The molecule has 33 heavy (non-hydrogen) atoms. The molecular weight excluding hydrogens is 439 g/mol. The summed E-state index contributed by atoms with van der Waals surface area (Å²) < 4.78 is 0. The molecule has 2 N–H and O–H groups in total. The van der Waals surface area contributed by atoms with Crippen molar-refractivity contribution in [1.82, 2.24) is 0 Å². The van der Waals surface area contributed by atoms with E-state index in [1.165, 1.54) is 10.4 Å². The SMILES string of the molecule is Cc1cc(C)c(O)c(P(c2cc(C)cc(C)c2O)[Si](C)(c2ccccc2)c2ccccc2)c1. The van der Waals surface area contributed by atoms with Gasteiger partial charge in [0, 0.05) is 10.6 Å². The molecule has 0 bridgehead atoms. The van der Waals surface area contributed by atoms with Gasteiger partial charge in [-0.05, 0) is 79.9 Å². The average Bonchev–Trinajstić information content (AvgIpc) is 2.81. The number of aryl methyl sites for hydroxylation is 4. The highest BCUT2D eigenvalue weighted by molar-refractivity contribution is 8.08. The number of hydrogen-bond acceptors (Lipinski definition) is 2. The van der Waals surface area contributed by atoms with Gasteiger partial charge in [-0.15, -0.1) is 0 Å². The molecular formula is C29H31O2PSi. The molecule has 0 amide bonds. The van der Waals surface area contributed by atoms with Gasteiger partial charge in [0.1, 0.15) is 19.2 Å². The summed E-state index contributed by atoms with van der Waals surface area (Å²) in [6, 6.07) is 29.7. The molecule has 0 atom stereocenters. The predicted molar refractivity (Wildman–Crippen MR) is 145 cm³/mol. The van der Waals surface area contributed by atoms with Crippen LogP contribution in [0.4, 0.5) is 0 Å². The number of phenols is 2. The van der Waals surface area contributed by atoms with Crippen LogP contribution < -0.4 is 21.0 Å². The van der Waals surface area contributed by atoms with E-state index in [-0.39, 0.29) is 0 Å². The molecule has 0 aromatic heterocycles. The van der Waals surface area contributed by atoms with Crippen LogP contribution in [0.1, 0.15) is 22.3 Å². The van der Waals surface area contributed by atoms with E-state index >= 15 is 0 Å². The van der Waals surface area contributed by atoms with Gasteiger partial charge in [0.2, 0.25) is 0 Å². The lowest BCUT2D eigenvalue weighted by atomic mass is 10.1. The molecule has 168 valence electrons. The van der Waals surface area contributed by atoms with Crippen LogP contribution in [0.15, 0.2) is 84.9 Å². The third-order valence-corrected chi connectivity index (χ3v) is 17.6. The van der Waals surface area contributed by atoms with Gasteiger partial charge in [0.05, 0.1) is 0 Å². The molecule has 0 aliphatic carbocycles. The molecule has 4 rings (SSSR count). The Kier molecular flexibility index (Phi) is 6.47. The van der Waals surface area contributed by atoms with E-state index in [1.807, 2.05) is 38.1 Å². The van der Waals surface area contributed by atoms with Gasteiger partial charge in [-0.2, -0.15) is 0 Å². The maximum absolute atomic E-state index is 11.4. The third-order valence-electron chi connectivity index (χ3n) is 6.45. The first-order chi connectivity index (χ1) is 15.7. The molecule has 0 saturated carbocycles.